The Hall–Kier alpha value is -1.56. The van der Waals surface area contributed by atoms with Gasteiger partial charge in [0, 0.05) is 6.54 Å². The molecule has 130 valence electrons. The van der Waals surface area contributed by atoms with Crippen LogP contribution in [0.25, 0.3) is 0 Å². The number of sulfonamides is 1. The SMILES string of the molecule is Cc1ccc(S(=O)(=O)N2CC3CC4(CCCCC4)CN3C2=O)cc1. The van der Waals surface area contributed by atoms with Gasteiger partial charge >= 0.3 is 6.03 Å². The van der Waals surface area contributed by atoms with Crippen molar-refractivity contribution in [1.29, 1.82) is 0 Å². The predicted octanol–water partition coefficient (Wildman–Crippen LogP) is 3.14. The van der Waals surface area contributed by atoms with Crippen LogP contribution in [0.2, 0.25) is 0 Å². The quantitative estimate of drug-likeness (QED) is 0.825. The fourth-order valence-electron chi connectivity index (χ4n) is 4.67. The summed E-state index contributed by atoms with van der Waals surface area (Å²) in [7, 11) is -3.75. The van der Waals surface area contributed by atoms with Gasteiger partial charge in [0.15, 0.2) is 0 Å². The van der Waals surface area contributed by atoms with Gasteiger partial charge in [0.25, 0.3) is 10.0 Å². The van der Waals surface area contributed by atoms with E-state index in [4.69, 9.17) is 0 Å². The fraction of sp³-hybridized carbons (Fsp3) is 0.611. The number of nitrogens with zero attached hydrogens (tertiary/aromatic N) is 2. The van der Waals surface area contributed by atoms with E-state index in [0.29, 0.717) is 6.54 Å². The van der Waals surface area contributed by atoms with Crippen molar-refractivity contribution in [2.45, 2.75) is 56.4 Å². The van der Waals surface area contributed by atoms with Gasteiger partial charge in [0.05, 0.1) is 17.5 Å². The number of carbonyl (C=O) groups excluding carboxylic acids is 1. The van der Waals surface area contributed by atoms with Crippen LogP contribution in [0.4, 0.5) is 4.79 Å². The molecule has 1 saturated carbocycles. The van der Waals surface area contributed by atoms with Crippen molar-refractivity contribution in [1.82, 2.24) is 9.21 Å². The molecule has 0 aromatic heterocycles. The lowest BCUT2D eigenvalue weighted by atomic mass is 9.72. The molecular formula is C18H24N2O3S. The molecule has 4 rings (SSSR count). The molecule has 1 spiro atoms. The van der Waals surface area contributed by atoms with E-state index < -0.39 is 10.0 Å². The van der Waals surface area contributed by atoms with Crippen LogP contribution in [0.3, 0.4) is 0 Å². The van der Waals surface area contributed by atoms with Crippen molar-refractivity contribution >= 4 is 16.1 Å². The molecule has 0 N–H and O–H groups in total. The molecule has 1 aromatic rings. The van der Waals surface area contributed by atoms with Crippen LogP contribution in [-0.4, -0.2) is 42.8 Å². The third-order valence-corrected chi connectivity index (χ3v) is 7.73. The van der Waals surface area contributed by atoms with Crippen LogP contribution in [0.1, 0.15) is 44.1 Å². The zero-order valence-electron chi connectivity index (χ0n) is 14.1. The molecular weight excluding hydrogens is 324 g/mol. The van der Waals surface area contributed by atoms with Crippen LogP contribution >= 0.6 is 0 Å². The molecule has 1 unspecified atom stereocenters. The standard InChI is InChI=1S/C18H24N2O3S/c1-14-5-7-16(8-6-14)24(22,23)20-12-15-11-18(9-3-2-4-10-18)13-19(15)17(20)21/h5-8,15H,2-4,9-13H2,1H3. The summed E-state index contributed by atoms with van der Waals surface area (Å²) >= 11 is 0. The molecule has 6 heteroatoms. The Bertz CT molecular complexity index is 751. The van der Waals surface area contributed by atoms with Crippen LogP contribution in [0.15, 0.2) is 29.2 Å². The topological polar surface area (TPSA) is 57.7 Å². The summed E-state index contributed by atoms with van der Waals surface area (Å²) in [5.41, 5.74) is 1.25. The van der Waals surface area contributed by atoms with E-state index in [9.17, 15) is 13.2 Å². The number of fused-ring (bicyclic) bond motifs is 1. The molecule has 0 bridgehead atoms. The highest BCUT2D eigenvalue weighted by Crippen LogP contribution is 2.48. The second kappa shape index (κ2) is 5.48. The van der Waals surface area contributed by atoms with Crippen molar-refractivity contribution in [3.63, 3.8) is 0 Å². The molecule has 1 aromatic carbocycles. The van der Waals surface area contributed by atoms with Gasteiger partial charge in [-0.3, -0.25) is 0 Å². The maximum absolute atomic E-state index is 12.8. The Labute approximate surface area is 143 Å². The number of hydrogen-bond donors (Lipinski definition) is 0. The molecule has 1 atom stereocenters. The number of benzene rings is 1. The Kier molecular flexibility index (Phi) is 3.64. The highest BCUT2D eigenvalue weighted by atomic mass is 32.2. The molecule has 24 heavy (non-hydrogen) atoms. The van der Waals surface area contributed by atoms with Gasteiger partial charge in [-0.15, -0.1) is 0 Å². The highest BCUT2D eigenvalue weighted by molar-refractivity contribution is 7.89. The van der Waals surface area contributed by atoms with Crippen molar-refractivity contribution in [2.24, 2.45) is 5.41 Å². The lowest BCUT2D eigenvalue weighted by Gasteiger charge is -2.34. The monoisotopic (exact) mass is 348 g/mol. The van der Waals surface area contributed by atoms with Gasteiger partial charge in [-0.25, -0.2) is 17.5 Å². The first-order valence-corrected chi connectivity index (χ1v) is 10.3. The maximum Gasteiger partial charge on any atom is 0.334 e. The Morgan fingerprint density at radius 3 is 2.38 bits per heavy atom. The number of carbonyl (C=O) groups is 1. The molecule has 2 aliphatic heterocycles. The second-order valence-electron chi connectivity index (χ2n) is 7.68. The third-order valence-electron chi connectivity index (χ3n) is 5.97. The zero-order valence-corrected chi connectivity index (χ0v) is 14.9. The summed E-state index contributed by atoms with van der Waals surface area (Å²) in [5, 5.41) is 0. The average molecular weight is 348 g/mol. The van der Waals surface area contributed by atoms with E-state index in [1.165, 1.54) is 32.1 Å². The van der Waals surface area contributed by atoms with E-state index in [-0.39, 0.29) is 22.4 Å². The Morgan fingerprint density at radius 2 is 1.75 bits per heavy atom. The zero-order chi connectivity index (χ0) is 16.9. The first kappa shape index (κ1) is 15.9. The molecule has 1 aliphatic carbocycles. The molecule has 2 saturated heterocycles. The Morgan fingerprint density at radius 1 is 1.08 bits per heavy atom. The summed E-state index contributed by atoms with van der Waals surface area (Å²) in [6.07, 6.45) is 7.07. The summed E-state index contributed by atoms with van der Waals surface area (Å²) < 4.78 is 26.7. The molecule has 2 amide bonds. The minimum Gasteiger partial charge on any atom is -0.318 e. The van der Waals surface area contributed by atoms with Crippen molar-refractivity contribution in [2.75, 3.05) is 13.1 Å². The van der Waals surface area contributed by atoms with Crippen molar-refractivity contribution in [3.05, 3.63) is 29.8 Å². The Balaban J connectivity index is 1.56. The maximum atomic E-state index is 12.8. The van der Waals surface area contributed by atoms with E-state index in [0.717, 1.165) is 22.8 Å². The normalized spacial score (nSPS) is 26.2. The number of amides is 2. The minimum atomic E-state index is -3.75. The molecule has 3 fully saturated rings. The first-order chi connectivity index (χ1) is 11.4. The smallest absolute Gasteiger partial charge is 0.318 e. The first-order valence-electron chi connectivity index (χ1n) is 8.81. The third kappa shape index (κ3) is 2.42. The number of aryl methyl sites for hydroxylation is 1. The van der Waals surface area contributed by atoms with Gasteiger partial charge in [-0.1, -0.05) is 37.0 Å². The van der Waals surface area contributed by atoms with Gasteiger partial charge in [0.2, 0.25) is 0 Å². The number of hydrogen-bond acceptors (Lipinski definition) is 3. The van der Waals surface area contributed by atoms with Crippen molar-refractivity contribution < 1.29 is 13.2 Å². The highest BCUT2D eigenvalue weighted by Gasteiger charge is 2.53. The van der Waals surface area contributed by atoms with E-state index in [2.05, 4.69) is 0 Å². The van der Waals surface area contributed by atoms with E-state index >= 15 is 0 Å². The van der Waals surface area contributed by atoms with Crippen LogP contribution in [0.5, 0.6) is 0 Å². The lowest BCUT2D eigenvalue weighted by Crippen LogP contribution is -2.39. The summed E-state index contributed by atoms with van der Waals surface area (Å²) in [4.78, 5) is 14.8. The summed E-state index contributed by atoms with van der Waals surface area (Å²) in [6, 6.07) is 6.43. The lowest BCUT2D eigenvalue weighted by molar-refractivity contribution is 0.174. The van der Waals surface area contributed by atoms with Gasteiger partial charge in [-0.05, 0) is 43.7 Å². The molecule has 2 heterocycles. The molecule has 3 aliphatic rings. The summed E-state index contributed by atoms with van der Waals surface area (Å²) in [5.74, 6) is 0. The average Bonchev–Trinajstić information content (AvgIpc) is 3.05. The number of rotatable bonds is 2. The van der Waals surface area contributed by atoms with Crippen LogP contribution < -0.4 is 0 Å². The number of urea groups is 1. The molecule has 5 nitrogen and oxygen atoms in total. The van der Waals surface area contributed by atoms with E-state index in [1.807, 2.05) is 11.8 Å². The fourth-order valence-corrected chi connectivity index (χ4v) is 6.08. The predicted molar refractivity (Wildman–Crippen MR) is 91.1 cm³/mol. The molecule has 0 radical (unpaired) electrons. The minimum absolute atomic E-state index is 0.0517. The van der Waals surface area contributed by atoms with Gasteiger partial charge in [0.1, 0.15) is 0 Å². The van der Waals surface area contributed by atoms with Crippen LogP contribution in [0, 0.1) is 12.3 Å². The summed E-state index contributed by atoms with van der Waals surface area (Å²) in [6.45, 7) is 2.95. The second-order valence-corrected chi connectivity index (χ2v) is 9.54. The van der Waals surface area contributed by atoms with Crippen molar-refractivity contribution in [3.8, 4) is 0 Å². The largest absolute Gasteiger partial charge is 0.334 e. The van der Waals surface area contributed by atoms with Gasteiger partial charge in [-0.2, -0.15) is 0 Å². The van der Waals surface area contributed by atoms with E-state index in [1.54, 1.807) is 24.3 Å². The van der Waals surface area contributed by atoms with Gasteiger partial charge < -0.3 is 4.90 Å². The van der Waals surface area contributed by atoms with Crippen LogP contribution in [-0.2, 0) is 10.0 Å².